The van der Waals surface area contributed by atoms with Crippen LogP contribution < -0.4 is 0 Å². The number of aryl methyl sites for hydroxylation is 1. The summed E-state index contributed by atoms with van der Waals surface area (Å²) in [4.78, 5) is 0. The van der Waals surface area contributed by atoms with Crippen molar-refractivity contribution in [3.05, 3.63) is 34.9 Å². The van der Waals surface area contributed by atoms with Gasteiger partial charge >= 0.3 is 0 Å². The van der Waals surface area contributed by atoms with Crippen LogP contribution >= 0.6 is 0 Å². The summed E-state index contributed by atoms with van der Waals surface area (Å²) in [6.45, 7) is 4.36. The van der Waals surface area contributed by atoms with Crippen LogP contribution in [0, 0.1) is 13.8 Å². The summed E-state index contributed by atoms with van der Waals surface area (Å²) >= 11 is 0. The summed E-state index contributed by atoms with van der Waals surface area (Å²) in [5, 5.41) is 9.70. The molecular formula is C14H20O. The molecule has 1 aliphatic carbocycles. The van der Waals surface area contributed by atoms with Gasteiger partial charge in [-0.15, -0.1) is 0 Å². The summed E-state index contributed by atoms with van der Waals surface area (Å²) in [6, 6.07) is 6.53. The Morgan fingerprint density at radius 3 is 2.73 bits per heavy atom. The van der Waals surface area contributed by atoms with E-state index in [-0.39, 0.29) is 6.10 Å². The second-order valence-electron chi connectivity index (χ2n) is 4.81. The molecule has 1 N–H and O–H groups in total. The fraction of sp³-hybridized carbons (Fsp3) is 0.571. The van der Waals surface area contributed by atoms with Gasteiger partial charge in [-0.2, -0.15) is 0 Å². The Morgan fingerprint density at radius 1 is 1.20 bits per heavy atom. The lowest BCUT2D eigenvalue weighted by molar-refractivity contribution is 0.119. The fourth-order valence-electron chi connectivity index (χ4n) is 2.66. The van der Waals surface area contributed by atoms with Gasteiger partial charge in [-0.25, -0.2) is 0 Å². The summed E-state index contributed by atoms with van der Waals surface area (Å²) in [5.74, 6) is 0.577. The van der Waals surface area contributed by atoms with Gasteiger partial charge in [0.25, 0.3) is 0 Å². The van der Waals surface area contributed by atoms with Crippen LogP contribution in [0.4, 0.5) is 0 Å². The quantitative estimate of drug-likeness (QED) is 0.744. The van der Waals surface area contributed by atoms with Gasteiger partial charge in [-0.1, -0.05) is 24.6 Å². The third kappa shape index (κ3) is 2.23. The Hall–Kier alpha value is -0.820. The van der Waals surface area contributed by atoms with Gasteiger partial charge < -0.3 is 5.11 Å². The Balaban J connectivity index is 2.24. The van der Waals surface area contributed by atoms with Gasteiger partial charge in [0.05, 0.1) is 6.10 Å². The van der Waals surface area contributed by atoms with Crippen LogP contribution in [-0.4, -0.2) is 11.2 Å². The summed E-state index contributed by atoms with van der Waals surface area (Å²) in [6.07, 6.45) is 4.26. The number of aliphatic hydroxyl groups is 1. The van der Waals surface area contributed by atoms with E-state index in [0.717, 1.165) is 12.8 Å². The maximum atomic E-state index is 9.70. The van der Waals surface area contributed by atoms with Crippen molar-refractivity contribution in [1.82, 2.24) is 0 Å². The zero-order valence-corrected chi connectivity index (χ0v) is 9.66. The van der Waals surface area contributed by atoms with Crippen LogP contribution in [0.5, 0.6) is 0 Å². The monoisotopic (exact) mass is 204 g/mol. The average Bonchev–Trinajstić information content (AvgIpc) is 2.22. The smallest absolute Gasteiger partial charge is 0.0546 e. The summed E-state index contributed by atoms with van der Waals surface area (Å²) < 4.78 is 0. The molecule has 0 aromatic heterocycles. The fourth-order valence-corrected chi connectivity index (χ4v) is 2.66. The molecule has 0 bridgehead atoms. The molecule has 2 rings (SSSR count). The maximum absolute atomic E-state index is 9.70. The molecule has 0 aliphatic heterocycles. The molecule has 1 aromatic rings. The molecule has 82 valence electrons. The van der Waals surface area contributed by atoms with Crippen molar-refractivity contribution in [2.24, 2.45) is 0 Å². The number of hydrogen-bond acceptors (Lipinski definition) is 1. The molecule has 15 heavy (non-hydrogen) atoms. The first-order chi connectivity index (χ1) is 7.18. The molecule has 1 aromatic carbocycles. The van der Waals surface area contributed by atoms with Gasteiger partial charge in [0, 0.05) is 0 Å². The normalized spacial score (nSPS) is 26.6. The van der Waals surface area contributed by atoms with E-state index in [1.807, 2.05) is 0 Å². The van der Waals surface area contributed by atoms with E-state index in [2.05, 4.69) is 32.0 Å². The van der Waals surface area contributed by atoms with Gasteiger partial charge in [-0.3, -0.25) is 0 Å². The van der Waals surface area contributed by atoms with E-state index in [9.17, 15) is 5.11 Å². The van der Waals surface area contributed by atoms with E-state index in [4.69, 9.17) is 0 Å². The van der Waals surface area contributed by atoms with Crippen LogP contribution in [0.1, 0.15) is 48.3 Å². The van der Waals surface area contributed by atoms with E-state index < -0.39 is 0 Å². The van der Waals surface area contributed by atoms with Crippen LogP contribution in [-0.2, 0) is 0 Å². The maximum Gasteiger partial charge on any atom is 0.0546 e. The van der Waals surface area contributed by atoms with Crippen molar-refractivity contribution in [3.63, 3.8) is 0 Å². The Labute approximate surface area is 92.1 Å². The number of rotatable bonds is 1. The lowest BCUT2D eigenvalue weighted by Crippen LogP contribution is -2.18. The molecule has 1 heteroatoms. The third-order valence-electron chi connectivity index (χ3n) is 3.73. The van der Waals surface area contributed by atoms with Crippen molar-refractivity contribution < 1.29 is 5.11 Å². The minimum Gasteiger partial charge on any atom is -0.393 e. The van der Waals surface area contributed by atoms with Crippen molar-refractivity contribution >= 4 is 0 Å². The van der Waals surface area contributed by atoms with E-state index in [1.54, 1.807) is 0 Å². The molecule has 0 saturated heterocycles. The van der Waals surface area contributed by atoms with E-state index >= 15 is 0 Å². The number of hydrogen-bond donors (Lipinski definition) is 1. The van der Waals surface area contributed by atoms with Crippen molar-refractivity contribution in [3.8, 4) is 0 Å². The molecule has 0 radical (unpaired) electrons. The summed E-state index contributed by atoms with van der Waals surface area (Å²) in [7, 11) is 0. The molecular weight excluding hydrogens is 184 g/mol. The summed E-state index contributed by atoms with van der Waals surface area (Å²) in [5.41, 5.74) is 4.23. The highest BCUT2D eigenvalue weighted by atomic mass is 16.3. The van der Waals surface area contributed by atoms with E-state index in [1.165, 1.54) is 29.5 Å². The predicted octanol–water partition coefficient (Wildman–Crippen LogP) is 3.32. The lowest BCUT2D eigenvalue weighted by atomic mass is 9.80. The van der Waals surface area contributed by atoms with Gasteiger partial charge in [0.1, 0.15) is 0 Å². The Kier molecular flexibility index (Phi) is 3.11. The molecule has 1 nitrogen and oxygen atoms in total. The molecule has 1 fully saturated rings. The Bertz CT molecular complexity index is 343. The molecule has 1 aliphatic rings. The van der Waals surface area contributed by atoms with Crippen molar-refractivity contribution in [2.45, 2.75) is 51.6 Å². The first-order valence-corrected chi connectivity index (χ1v) is 5.92. The molecule has 2 atom stereocenters. The standard InChI is InChI=1S/C14H20O/c1-10-5-3-8-14(11(10)2)12-6-4-7-13(15)9-12/h3,5,8,12-13,15H,4,6-7,9H2,1-2H3. The molecule has 0 amide bonds. The predicted molar refractivity (Wildman–Crippen MR) is 63.1 cm³/mol. The topological polar surface area (TPSA) is 20.2 Å². The van der Waals surface area contributed by atoms with Crippen molar-refractivity contribution in [1.29, 1.82) is 0 Å². The largest absolute Gasteiger partial charge is 0.393 e. The highest BCUT2D eigenvalue weighted by Crippen LogP contribution is 2.35. The molecule has 2 unspecified atom stereocenters. The highest BCUT2D eigenvalue weighted by Gasteiger charge is 2.22. The van der Waals surface area contributed by atoms with Crippen LogP contribution in [0.25, 0.3) is 0 Å². The van der Waals surface area contributed by atoms with E-state index in [0.29, 0.717) is 5.92 Å². The van der Waals surface area contributed by atoms with Crippen LogP contribution in [0.3, 0.4) is 0 Å². The van der Waals surface area contributed by atoms with Crippen LogP contribution in [0.2, 0.25) is 0 Å². The highest BCUT2D eigenvalue weighted by molar-refractivity contribution is 5.35. The molecule has 1 saturated carbocycles. The second-order valence-corrected chi connectivity index (χ2v) is 4.81. The second kappa shape index (κ2) is 4.36. The zero-order valence-electron chi connectivity index (χ0n) is 9.66. The first-order valence-electron chi connectivity index (χ1n) is 5.92. The number of aliphatic hydroxyl groups excluding tert-OH is 1. The molecule has 0 heterocycles. The molecule has 0 spiro atoms. The third-order valence-corrected chi connectivity index (χ3v) is 3.73. The van der Waals surface area contributed by atoms with Gasteiger partial charge in [-0.05, 0) is 55.7 Å². The van der Waals surface area contributed by atoms with Crippen molar-refractivity contribution in [2.75, 3.05) is 0 Å². The SMILES string of the molecule is Cc1cccc(C2CCCC(O)C2)c1C. The van der Waals surface area contributed by atoms with Gasteiger partial charge in [0.2, 0.25) is 0 Å². The van der Waals surface area contributed by atoms with Crippen LogP contribution in [0.15, 0.2) is 18.2 Å². The lowest BCUT2D eigenvalue weighted by Gasteiger charge is -2.27. The minimum absolute atomic E-state index is 0.0799. The zero-order chi connectivity index (χ0) is 10.8. The minimum atomic E-state index is -0.0799. The van der Waals surface area contributed by atoms with Gasteiger partial charge in [0.15, 0.2) is 0 Å². The number of benzene rings is 1. The average molecular weight is 204 g/mol. The first kappa shape index (κ1) is 10.7. The Morgan fingerprint density at radius 2 is 2.00 bits per heavy atom.